The first-order chi connectivity index (χ1) is 10.8. The van der Waals surface area contributed by atoms with Gasteiger partial charge in [-0.2, -0.15) is 0 Å². The summed E-state index contributed by atoms with van der Waals surface area (Å²) >= 11 is 0. The second kappa shape index (κ2) is 5.93. The van der Waals surface area contributed by atoms with E-state index in [0.29, 0.717) is 5.41 Å². The molecule has 0 atom stereocenters. The number of rotatable bonds is 4. The monoisotopic (exact) mass is 314 g/mol. The molecule has 2 nitrogen and oxygen atoms in total. The van der Waals surface area contributed by atoms with Crippen LogP contribution in [0.4, 0.5) is 0 Å². The molecule has 1 aliphatic heterocycles. The molecule has 3 rings (SSSR count). The third-order valence-electron chi connectivity index (χ3n) is 6.34. The summed E-state index contributed by atoms with van der Waals surface area (Å²) in [6.07, 6.45) is 16.8. The van der Waals surface area contributed by atoms with Gasteiger partial charge in [0.2, 0.25) is 0 Å². The van der Waals surface area contributed by atoms with E-state index in [1.54, 1.807) is 0 Å². The van der Waals surface area contributed by atoms with Crippen LogP contribution in [0.2, 0.25) is 0 Å². The van der Waals surface area contributed by atoms with Crippen LogP contribution in [0, 0.1) is 5.41 Å². The summed E-state index contributed by atoms with van der Waals surface area (Å²) in [5, 5.41) is 0. The first-order valence-corrected chi connectivity index (χ1v) is 9.23. The molecule has 2 aliphatic carbocycles. The maximum absolute atomic E-state index is 6.21. The van der Waals surface area contributed by atoms with E-state index in [9.17, 15) is 0 Å². The summed E-state index contributed by atoms with van der Waals surface area (Å²) in [5.41, 5.74) is 2.65. The Kier molecular flexibility index (Phi) is 4.39. The minimum atomic E-state index is -0.265. The zero-order chi connectivity index (χ0) is 16.7. The fraction of sp³-hybridized carbons (Fsp3) is 0.700. The van der Waals surface area contributed by atoms with Gasteiger partial charge in [0.05, 0.1) is 11.2 Å². The molecule has 2 fully saturated rings. The predicted molar refractivity (Wildman–Crippen MR) is 97.2 cm³/mol. The molecule has 0 radical (unpaired) electrons. The van der Waals surface area contributed by atoms with Crippen molar-refractivity contribution in [1.82, 2.24) is 0 Å². The minimum Gasteiger partial charge on any atom is -0.400 e. The third kappa shape index (κ3) is 2.98. The Hall–Kier alpha value is -0.795. The van der Waals surface area contributed by atoms with E-state index in [1.165, 1.54) is 43.1 Å². The smallest absolute Gasteiger partial charge is 0.400 e. The molecule has 126 valence electrons. The second-order valence-corrected chi connectivity index (χ2v) is 8.44. The number of hydrogen-bond donors (Lipinski definition) is 0. The molecule has 0 aromatic carbocycles. The van der Waals surface area contributed by atoms with Crippen LogP contribution in [0.15, 0.2) is 35.3 Å². The number of allylic oxidation sites excluding steroid dienone is 6. The normalized spacial score (nSPS) is 28.0. The fourth-order valence-electron chi connectivity index (χ4n) is 3.93. The Morgan fingerprint density at radius 1 is 1.04 bits per heavy atom. The van der Waals surface area contributed by atoms with Gasteiger partial charge in [-0.25, -0.2) is 0 Å². The van der Waals surface area contributed by atoms with Crippen LogP contribution in [-0.4, -0.2) is 18.3 Å². The number of hydrogen-bond acceptors (Lipinski definition) is 2. The van der Waals surface area contributed by atoms with Crippen LogP contribution >= 0.6 is 0 Å². The lowest BCUT2D eigenvalue weighted by molar-refractivity contribution is 0.00578. The van der Waals surface area contributed by atoms with Crippen LogP contribution in [0.1, 0.15) is 73.1 Å². The van der Waals surface area contributed by atoms with Crippen LogP contribution in [-0.2, 0) is 9.31 Å². The van der Waals surface area contributed by atoms with Crippen molar-refractivity contribution in [1.29, 1.82) is 0 Å². The summed E-state index contributed by atoms with van der Waals surface area (Å²) in [7, 11) is -0.219. The molecule has 1 heterocycles. The first-order valence-electron chi connectivity index (χ1n) is 9.23. The van der Waals surface area contributed by atoms with Crippen LogP contribution < -0.4 is 0 Å². The van der Waals surface area contributed by atoms with E-state index in [0.717, 1.165) is 6.42 Å². The molecule has 0 amide bonds. The maximum Gasteiger partial charge on any atom is 0.490 e. The van der Waals surface area contributed by atoms with Crippen molar-refractivity contribution >= 4 is 7.12 Å². The minimum absolute atomic E-state index is 0.219. The summed E-state index contributed by atoms with van der Waals surface area (Å²) < 4.78 is 12.4. The zero-order valence-electron chi connectivity index (χ0n) is 15.4. The predicted octanol–water partition coefficient (Wildman–Crippen LogP) is 5.40. The van der Waals surface area contributed by atoms with Crippen LogP contribution in [0.3, 0.4) is 0 Å². The molecule has 3 aliphatic rings. The molecule has 0 N–H and O–H groups in total. The van der Waals surface area contributed by atoms with Crippen molar-refractivity contribution in [3.05, 3.63) is 35.3 Å². The molecule has 0 aromatic rings. The lowest BCUT2D eigenvalue weighted by Crippen LogP contribution is -2.41. The Morgan fingerprint density at radius 2 is 1.70 bits per heavy atom. The van der Waals surface area contributed by atoms with E-state index in [4.69, 9.17) is 9.31 Å². The quantitative estimate of drug-likeness (QED) is 0.647. The van der Waals surface area contributed by atoms with Gasteiger partial charge in [-0.15, -0.1) is 0 Å². The van der Waals surface area contributed by atoms with Crippen LogP contribution in [0.5, 0.6) is 0 Å². The van der Waals surface area contributed by atoms with Crippen molar-refractivity contribution in [3.8, 4) is 0 Å². The standard InChI is InChI=1S/C20H31BO2/c1-6-13-20(14-8-15-20)16-9-7-10-17(12-11-16)21-22-18(2,3)19(4,5)23-21/h7,9,11-12H,6,8,10,13-15H2,1-5H3. The molecule has 0 bridgehead atoms. The van der Waals surface area contributed by atoms with Gasteiger partial charge in [-0.1, -0.05) is 44.1 Å². The van der Waals surface area contributed by atoms with Crippen molar-refractivity contribution in [2.75, 3.05) is 0 Å². The average molecular weight is 314 g/mol. The highest BCUT2D eigenvalue weighted by atomic mass is 16.7. The molecule has 23 heavy (non-hydrogen) atoms. The van der Waals surface area contributed by atoms with Gasteiger partial charge in [-0.05, 0) is 69.8 Å². The van der Waals surface area contributed by atoms with Gasteiger partial charge in [0.1, 0.15) is 0 Å². The Bertz CT molecular complexity index is 534. The summed E-state index contributed by atoms with van der Waals surface area (Å²) in [6, 6.07) is 0. The third-order valence-corrected chi connectivity index (χ3v) is 6.34. The fourth-order valence-corrected chi connectivity index (χ4v) is 3.93. The highest BCUT2D eigenvalue weighted by Crippen LogP contribution is 2.51. The van der Waals surface area contributed by atoms with Gasteiger partial charge < -0.3 is 9.31 Å². The molecule has 0 spiro atoms. The van der Waals surface area contributed by atoms with Crippen molar-refractivity contribution in [2.24, 2.45) is 5.41 Å². The van der Waals surface area contributed by atoms with E-state index in [2.05, 4.69) is 58.9 Å². The van der Waals surface area contributed by atoms with Crippen LogP contribution in [0.25, 0.3) is 0 Å². The molecular weight excluding hydrogens is 283 g/mol. The van der Waals surface area contributed by atoms with Gasteiger partial charge >= 0.3 is 7.12 Å². The van der Waals surface area contributed by atoms with Gasteiger partial charge in [-0.3, -0.25) is 0 Å². The van der Waals surface area contributed by atoms with Gasteiger partial charge in [0.15, 0.2) is 0 Å². The largest absolute Gasteiger partial charge is 0.490 e. The lowest BCUT2D eigenvalue weighted by Gasteiger charge is -2.43. The van der Waals surface area contributed by atoms with Crippen molar-refractivity contribution in [3.63, 3.8) is 0 Å². The van der Waals surface area contributed by atoms with Crippen molar-refractivity contribution in [2.45, 2.75) is 84.3 Å². The molecule has 1 saturated heterocycles. The second-order valence-electron chi connectivity index (χ2n) is 8.44. The van der Waals surface area contributed by atoms with Gasteiger partial charge in [0.25, 0.3) is 0 Å². The van der Waals surface area contributed by atoms with E-state index >= 15 is 0 Å². The topological polar surface area (TPSA) is 18.5 Å². The highest BCUT2D eigenvalue weighted by Gasteiger charge is 2.52. The Balaban J connectivity index is 1.80. The summed E-state index contributed by atoms with van der Waals surface area (Å²) in [5.74, 6) is 0. The average Bonchev–Trinajstić information content (AvgIpc) is 2.60. The molecule has 0 unspecified atom stereocenters. The van der Waals surface area contributed by atoms with Crippen molar-refractivity contribution < 1.29 is 9.31 Å². The van der Waals surface area contributed by atoms with E-state index in [-0.39, 0.29) is 18.3 Å². The van der Waals surface area contributed by atoms with Gasteiger partial charge in [0, 0.05) is 0 Å². The molecular formula is C20H31BO2. The maximum atomic E-state index is 6.21. The van der Waals surface area contributed by atoms with E-state index < -0.39 is 0 Å². The molecule has 0 aromatic heterocycles. The SMILES string of the molecule is CCCC1(C2=CC=C(B3OC(C)(C)C(C)(C)O3)CC=C2)CCC1. The highest BCUT2D eigenvalue weighted by molar-refractivity contribution is 6.54. The Labute approximate surface area is 142 Å². The lowest BCUT2D eigenvalue weighted by atomic mass is 9.61. The van der Waals surface area contributed by atoms with E-state index in [1.807, 2.05) is 0 Å². The first kappa shape index (κ1) is 17.0. The Morgan fingerprint density at radius 3 is 2.22 bits per heavy atom. The summed E-state index contributed by atoms with van der Waals surface area (Å²) in [6.45, 7) is 10.8. The molecule has 3 heteroatoms. The molecule has 1 saturated carbocycles. The zero-order valence-corrected chi connectivity index (χ0v) is 15.4. The summed E-state index contributed by atoms with van der Waals surface area (Å²) in [4.78, 5) is 0.